The highest BCUT2D eigenvalue weighted by Gasteiger charge is 2.25. The van der Waals surface area contributed by atoms with Crippen LogP contribution in [0.25, 0.3) is 0 Å². The SMILES string of the molecule is CC(C)CN=c1c2c(n(O)c3c1CCC3)CCC2. The molecule has 0 aromatic carbocycles. The summed E-state index contributed by atoms with van der Waals surface area (Å²) in [6, 6.07) is 0. The maximum Gasteiger partial charge on any atom is 0.0675 e. The predicted molar refractivity (Wildman–Crippen MR) is 70.9 cm³/mol. The molecule has 1 N–H and O–H groups in total. The molecule has 0 fully saturated rings. The molecular formula is C15H22N2O. The highest BCUT2D eigenvalue weighted by atomic mass is 16.5. The topological polar surface area (TPSA) is 37.5 Å². The highest BCUT2D eigenvalue weighted by Crippen LogP contribution is 2.26. The van der Waals surface area contributed by atoms with Crippen LogP contribution >= 0.6 is 0 Å². The Morgan fingerprint density at radius 2 is 1.61 bits per heavy atom. The molecule has 0 saturated heterocycles. The van der Waals surface area contributed by atoms with Gasteiger partial charge in [-0.1, -0.05) is 13.8 Å². The third-order valence-electron chi connectivity index (χ3n) is 4.07. The molecule has 18 heavy (non-hydrogen) atoms. The van der Waals surface area contributed by atoms with E-state index in [9.17, 15) is 5.21 Å². The number of aromatic nitrogens is 1. The summed E-state index contributed by atoms with van der Waals surface area (Å²) < 4.78 is 1.49. The van der Waals surface area contributed by atoms with Gasteiger partial charge in [-0.3, -0.25) is 4.99 Å². The number of fused-ring (bicyclic) bond motifs is 2. The molecule has 1 aromatic heterocycles. The fourth-order valence-corrected chi connectivity index (χ4v) is 3.24. The molecule has 1 aromatic rings. The third-order valence-corrected chi connectivity index (χ3v) is 4.07. The minimum Gasteiger partial charge on any atom is -0.428 e. The Kier molecular flexibility index (Phi) is 2.92. The summed E-state index contributed by atoms with van der Waals surface area (Å²) in [5, 5.41) is 11.5. The quantitative estimate of drug-likeness (QED) is 0.799. The van der Waals surface area contributed by atoms with Gasteiger partial charge < -0.3 is 5.21 Å². The van der Waals surface area contributed by atoms with E-state index in [-0.39, 0.29) is 0 Å². The van der Waals surface area contributed by atoms with Crippen LogP contribution in [0.1, 0.15) is 49.2 Å². The average Bonchev–Trinajstić information content (AvgIpc) is 2.95. The van der Waals surface area contributed by atoms with Crippen molar-refractivity contribution in [3.05, 3.63) is 27.9 Å². The first-order valence-corrected chi connectivity index (χ1v) is 7.16. The van der Waals surface area contributed by atoms with E-state index in [1.165, 1.54) is 21.2 Å². The highest BCUT2D eigenvalue weighted by molar-refractivity contribution is 5.36. The predicted octanol–water partition coefficient (Wildman–Crippen LogP) is 2.26. The second kappa shape index (κ2) is 4.45. The van der Waals surface area contributed by atoms with Crippen LogP contribution in [0.5, 0.6) is 0 Å². The molecule has 3 heteroatoms. The van der Waals surface area contributed by atoms with Gasteiger partial charge in [-0.25, -0.2) is 0 Å². The summed E-state index contributed by atoms with van der Waals surface area (Å²) in [6.07, 6.45) is 6.48. The number of pyridine rings is 1. The Labute approximate surface area is 108 Å². The Morgan fingerprint density at radius 1 is 1.06 bits per heavy atom. The van der Waals surface area contributed by atoms with Gasteiger partial charge in [0.2, 0.25) is 0 Å². The van der Waals surface area contributed by atoms with Gasteiger partial charge >= 0.3 is 0 Å². The van der Waals surface area contributed by atoms with Crippen molar-refractivity contribution >= 4 is 0 Å². The van der Waals surface area contributed by atoms with Crippen molar-refractivity contribution in [2.45, 2.75) is 52.4 Å². The lowest BCUT2D eigenvalue weighted by Gasteiger charge is -2.13. The lowest BCUT2D eigenvalue weighted by atomic mass is 10.1. The molecule has 0 amide bonds. The van der Waals surface area contributed by atoms with Gasteiger partial charge in [0.1, 0.15) is 0 Å². The molecule has 0 spiro atoms. The van der Waals surface area contributed by atoms with Gasteiger partial charge in [0.05, 0.1) is 16.7 Å². The van der Waals surface area contributed by atoms with Gasteiger partial charge in [0.15, 0.2) is 0 Å². The van der Waals surface area contributed by atoms with E-state index in [1.807, 2.05) is 0 Å². The van der Waals surface area contributed by atoms with Crippen LogP contribution in [0, 0.1) is 5.92 Å². The summed E-state index contributed by atoms with van der Waals surface area (Å²) in [5.41, 5.74) is 4.88. The van der Waals surface area contributed by atoms with Gasteiger partial charge in [-0.05, 0) is 44.4 Å². The zero-order valence-corrected chi connectivity index (χ0v) is 11.4. The second-order valence-corrected chi connectivity index (χ2v) is 5.95. The number of nitrogens with zero attached hydrogens (tertiary/aromatic N) is 2. The van der Waals surface area contributed by atoms with E-state index in [0.717, 1.165) is 56.5 Å². The summed E-state index contributed by atoms with van der Waals surface area (Å²) >= 11 is 0. The molecular weight excluding hydrogens is 224 g/mol. The van der Waals surface area contributed by atoms with Crippen LogP contribution < -0.4 is 5.36 Å². The van der Waals surface area contributed by atoms with E-state index in [4.69, 9.17) is 4.99 Å². The molecule has 3 nitrogen and oxygen atoms in total. The van der Waals surface area contributed by atoms with Crippen LogP contribution in [-0.4, -0.2) is 16.5 Å². The maximum absolute atomic E-state index is 10.3. The van der Waals surface area contributed by atoms with Crippen LogP contribution in [0.2, 0.25) is 0 Å². The van der Waals surface area contributed by atoms with Gasteiger partial charge in [0.25, 0.3) is 0 Å². The average molecular weight is 246 g/mol. The van der Waals surface area contributed by atoms with E-state index >= 15 is 0 Å². The van der Waals surface area contributed by atoms with Gasteiger partial charge in [0, 0.05) is 17.7 Å². The fraction of sp³-hybridized carbons (Fsp3) is 0.667. The van der Waals surface area contributed by atoms with Crippen LogP contribution in [0.4, 0.5) is 0 Å². The Morgan fingerprint density at radius 3 is 2.11 bits per heavy atom. The van der Waals surface area contributed by atoms with Gasteiger partial charge in [-0.15, -0.1) is 0 Å². The molecule has 2 aliphatic carbocycles. The molecule has 0 radical (unpaired) electrons. The van der Waals surface area contributed by atoms with E-state index < -0.39 is 0 Å². The molecule has 0 atom stereocenters. The minimum atomic E-state index is 0.598. The van der Waals surface area contributed by atoms with Crippen molar-refractivity contribution in [1.82, 2.24) is 4.73 Å². The lowest BCUT2D eigenvalue weighted by Crippen LogP contribution is -2.23. The molecule has 98 valence electrons. The summed E-state index contributed by atoms with van der Waals surface area (Å²) in [6.45, 7) is 5.31. The molecule has 3 rings (SSSR count). The number of hydrogen-bond acceptors (Lipinski definition) is 2. The monoisotopic (exact) mass is 246 g/mol. The number of rotatable bonds is 2. The largest absolute Gasteiger partial charge is 0.428 e. The van der Waals surface area contributed by atoms with Crippen molar-refractivity contribution < 1.29 is 5.21 Å². The number of hydrogen-bond donors (Lipinski definition) is 1. The van der Waals surface area contributed by atoms with Crippen molar-refractivity contribution in [3.8, 4) is 0 Å². The summed E-state index contributed by atoms with van der Waals surface area (Å²) in [4.78, 5) is 4.87. The first-order valence-electron chi connectivity index (χ1n) is 7.16. The molecule has 0 unspecified atom stereocenters. The van der Waals surface area contributed by atoms with Crippen molar-refractivity contribution in [2.75, 3.05) is 6.54 Å². The molecule has 0 bridgehead atoms. The van der Waals surface area contributed by atoms with E-state index in [1.54, 1.807) is 0 Å². The van der Waals surface area contributed by atoms with Crippen LogP contribution in [-0.2, 0) is 25.7 Å². The molecule has 1 heterocycles. The molecule has 2 aliphatic rings. The third kappa shape index (κ3) is 1.76. The maximum atomic E-state index is 10.3. The molecule has 0 aliphatic heterocycles. The Bertz CT molecular complexity index is 502. The summed E-state index contributed by atoms with van der Waals surface area (Å²) in [7, 11) is 0. The summed E-state index contributed by atoms with van der Waals surface area (Å²) in [5.74, 6) is 0.598. The normalized spacial score (nSPS) is 17.1. The Hall–Kier alpha value is -1.25. The van der Waals surface area contributed by atoms with E-state index in [0.29, 0.717) is 5.92 Å². The van der Waals surface area contributed by atoms with E-state index in [2.05, 4.69) is 13.8 Å². The molecule has 0 saturated carbocycles. The van der Waals surface area contributed by atoms with Crippen molar-refractivity contribution in [2.24, 2.45) is 10.9 Å². The lowest BCUT2D eigenvalue weighted by molar-refractivity contribution is 0.166. The first kappa shape index (κ1) is 11.8. The first-order chi connectivity index (χ1) is 8.68. The van der Waals surface area contributed by atoms with Crippen LogP contribution in [0.3, 0.4) is 0 Å². The fourth-order valence-electron chi connectivity index (χ4n) is 3.24. The second-order valence-electron chi connectivity index (χ2n) is 5.95. The Balaban J connectivity index is 2.21. The zero-order chi connectivity index (χ0) is 12.7. The smallest absolute Gasteiger partial charge is 0.0675 e. The standard InChI is InChI=1S/C15H22N2O/c1-10(2)9-16-15-11-5-3-7-13(11)17(18)14-8-4-6-12(14)15/h10,18H,3-9H2,1-2H3. The van der Waals surface area contributed by atoms with Gasteiger partial charge in [-0.2, -0.15) is 4.73 Å². The van der Waals surface area contributed by atoms with Crippen LogP contribution in [0.15, 0.2) is 4.99 Å². The minimum absolute atomic E-state index is 0.598. The van der Waals surface area contributed by atoms with Crippen molar-refractivity contribution in [3.63, 3.8) is 0 Å². The zero-order valence-electron chi connectivity index (χ0n) is 11.4. The van der Waals surface area contributed by atoms with Crippen molar-refractivity contribution in [1.29, 1.82) is 0 Å².